The number of nitrogens with one attached hydrogen (secondary N) is 2. The van der Waals surface area contributed by atoms with Crippen LogP contribution in [0.15, 0.2) is 97.1 Å². The van der Waals surface area contributed by atoms with Crippen LogP contribution >= 0.6 is 0 Å². The summed E-state index contributed by atoms with van der Waals surface area (Å²) >= 11 is 0. The molecule has 0 saturated carbocycles. The smallest absolute Gasteiger partial charge is 0.119 e. The van der Waals surface area contributed by atoms with Crippen LogP contribution < -0.4 is 15.4 Å². The third kappa shape index (κ3) is 3.51. The highest BCUT2D eigenvalue weighted by Crippen LogP contribution is 2.33. The fourth-order valence-electron chi connectivity index (χ4n) is 3.60. The Kier molecular flexibility index (Phi) is 4.66. The number of aromatic nitrogens is 1. The molecule has 0 atom stereocenters. The molecule has 0 bridgehead atoms. The van der Waals surface area contributed by atoms with Crippen LogP contribution in [0.25, 0.3) is 21.8 Å². The predicted molar refractivity (Wildman–Crippen MR) is 125 cm³/mol. The van der Waals surface area contributed by atoms with Crippen LogP contribution in [0.3, 0.4) is 0 Å². The van der Waals surface area contributed by atoms with Gasteiger partial charge in [-0.25, -0.2) is 4.98 Å². The van der Waals surface area contributed by atoms with Gasteiger partial charge < -0.3 is 15.4 Å². The Labute approximate surface area is 175 Å². The van der Waals surface area contributed by atoms with E-state index < -0.39 is 0 Å². The monoisotopic (exact) mass is 391 g/mol. The average molecular weight is 391 g/mol. The molecule has 4 nitrogen and oxygen atoms in total. The molecule has 4 aromatic carbocycles. The van der Waals surface area contributed by atoms with Crippen LogP contribution in [-0.4, -0.2) is 12.1 Å². The normalized spacial score (nSPS) is 10.8. The summed E-state index contributed by atoms with van der Waals surface area (Å²) in [6.07, 6.45) is 0. The number of nitrogens with zero attached hydrogens (tertiary/aromatic N) is 1. The minimum absolute atomic E-state index is 0.844. The lowest BCUT2D eigenvalue weighted by Crippen LogP contribution is -1.96. The zero-order valence-corrected chi connectivity index (χ0v) is 16.6. The van der Waals surface area contributed by atoms with Gasteiger partial charge in [0.25, 0.3) is 0 Å². The summed E-state index contributed by atoms with van der Waals surface area (Å²) in [6, 6.07) is 32.6. The van der Waals surface area contributed by atoms with Crippen LogP contribution in [0.2, 0.25) is 0 Å². The number of benzene rings is 4. The molecule has 4 heteroatoms. The predicted octanol–water partition coefficient (Wildman–Crippen LogP) is 6.88. The molecule has 146 valence electrons. The molecular formula is C26H21N3O. The van der Waals surface area contributed by atoms with Gasteiger partial charge >= 0.3 is 0 Å². The van der Waals surface area contributed by atoms with Gasteiger partial charge in [-0.3, -0.25) is 0 Å². The lowest BCUT2D eigenvalue weighted by Gasteiger charge is -2.14. The van der Waals surface area contributed by atoms with Crippen molar-refractivity contribution < 1.29 is 4.74 Å². The minimum Gasteiger partial charge on any atom is -0.497 e. The Morgan fingerprint density at radius 1 is 0.567 bits per heavy atom. The van der Waals surface area contributed by atoms with Crippen molar-refractivity contribution in [2.45, 2.75) is 0 Å². The highest BCUT2D eigenvalue weighted by molar-refractivity contribution is 6.08. The number of pyridine rings is 1. The number of ether oxygens (including phenoxy) is 1. The number of anilines is 4. The first-order valence-electron chi connectivity index (χ1n) is 9.86. The van der Waals surface area contributed by atoms with Crippen molar-refractivity contribution in [2.75, 3.05) is 17.7 Å². The van der Waals surface area contributed by atoms with Gasteiger partial charge in [0.2, 0.25) is 0 Å². The van der Waals surface area contributed by atoms with E-state index >= 15 is 0 Å². The highest BCUT2D eigenvalue weighted by Gasteiger charge is 2.09. The minimum atomic E-state index is 0.844. The van der Waals surface area contributed by atoms with Crippen molar-refractivity contribution in [3.8, 4) is 5.75 Å². The van der Waals surface area contributed by atoms with E-state index in [1.807, 2.05) is 48.5 Å². The highest BCUT2D eigenvalue weighted by atomic mass is 16.5. The van der Waals surface area contributed by atoms with Crippen LogP contribution in [0.4, 0.5) is 22.7 Å². The number of hydrogen-bond acceptors (Lipinski definition) is 4. The second kappa shape index (κ2) is 7.76. The van der Waals surface area contributed by atoms with Gasteiger partial charge in [-0.2, -0.15) is 0 Å². The largest absolute Gasteiger partial charge is 0.497 e. The van der Waals surface area contributed by atoms with Crippen molar-refractivity contribution >= 4 is 44.6 Å². The van der Waals surface area contributed by atoms with Crippen LogP contribution in [-0.2, 0) is 0 Å². The maximum atomic E-state index is 5.21. The van der Waals surface area contributed by atoms with Gasteiger partial charge in [-0.1, -0.05) is 36.4 Å². The summed E-state index contributed by atoms with van der Waals surface area (Å²) in [5.41, 5.74) is 6.11. The average Bonchev–Trinajstić information content (AvgIpc) is 2.80. The van der Waals surface area contributed by atoms with Gasteiger partial charge in [-0.05, 0) is 60.7 Å². The van der Waals surface area contributed by atoms with Gasteiger partial charge in [-0.15, -0.1) is 0 Å². The zero-order chi connectivity index (χ0) is 20.3. The molecule has 0 aliphatic heterocycles. The van der Waals surface area contributed by atoms with Crippen molar-refractivity contribution in [3.63, 3.8) is 0 Å². The fourth-order valence-corrected chi connectivity index (χ4v) is 3.60. The van der Waals surface area contributed by atoms with Gasteiger partial charge in [0.05, 0.1) is 23.8 Å². The van der Waals surface area contributed by atoms with Gasteiger partial charge in [0.1, 0.15) is 5.75 Å². The summed E-state index contributed by atoms with van der Waals surface area (Å²) in [5, 5.41) is 9.24. The quantitative estimate of drug-likeness (QED) is 0.320. The van der Waals surface area contributed by atoms with E-state index in [0.29, 0.717) is 0 Å². The van der Waals surface area contributed by atoms with Crippen molar-refractivity contribution in [2.24, 2.45) is 0 Å². The second-order valence-corrected chi connectivity index (χ2v) is 7.08. The van der Waals surface area contributed by atoms with Gasteiger partial charge in [0, 0.05) is 27.8 Å². The van der Waals surface area contributed by atoms with E-state index in [1.165, 1.54) is 0 Å². The van der Waals surface area contributed by atoms with Crippen LogP contribution in [0, 0.1) is 0 Å². The van der Waals surface area contributed by atoms with Crippen LogP contribution in [0.5, 0.6) is 5.75 Å². The van der Waals surface area contributed by atoms with Crippen molar-refractivity contribution in [1.29, 1.82) is 0 Å². The molecule has 0 spiro atoms. The molecule has 0 amide bonds. The van der Waals surface area contributed by atoms with Gasteiger partial charge in [0.15, 0.2) is 0 Å². The molecule has 2 N–H and O–H groups in total. The Bertz CT molecular complexity index is 1260. The first kappa shape index (κ1) is 18.0. The maximum absolute atomic E-state index is 5.21. The first-order valence-corrected chi connectivity index (χ1v) is 9.86. The third-order valence-corrected chi connectivity index (χ3v) is 5.12. The lowest BCUT2D eigenvalue weighted by molar-refractivity contribution is 0.415. The summed E-state index contributed by atoms with van der Waals surface area (Å²) in [7, 11) is 1.67. The maximum Gasteiger partial charge on any atom is 0.119 e. The lowest BCUT2D eigenvalue weighted by atomic mass is 10.1. The number of fused-ring (bicyclic) bond motifs is 2. The molecule has 1 aromatic heterocycles. The molecule has 0 saturated heterocycles. The summed E-state index contributed by atoms with van der Waals surface area (Å²) < 4.78 is 5.21. The Balaban J connectivity index is 1.45. The molecule has 1 heterocycles. The van der Waals surface area contributed by atoms with E-state index in [1.54, 1.807) is 7.11 Å². The summed E-state index contributed by atoms with van der Waals surface area (Å²) in [4.78, 5) is 4.79. The Morgan fingerprint density at radius 2 is 1.03 bits per heavy atom. The van der Waals surface area contributed by atoms with E-state index in [-0.39, 0.29) is 0 Å². The molecule has 0 unspecified atom stereocenters. The van der Waals surface area contributed by atoms with Crippen molar-refractivity contribution in [1.82, 2.24) is 4.98 Å². The number of rotatable bonds is 5. The number of hydrogen-bond donors (Lipinski definition) is 2. The fraction of sp³-hybridized carbons (Fsp3) is 0.0385. The zero-order valence-electron chi connectivity index (χ0n) is 16.6. The first-order chi connectivity index (χ1) is 14.8. The summed E-state index contributed by atoms with van der Waals surface area (Å²) in [6.45, 7) is 0. The molecule has 5 rings (SSSR count). The number of para-hydroxylation sites is 2. The standard InChI is InChI=1S/C26H21N3O/c1-30-21-16-14-19(15-17-21)27-18-10-12-20(13-11-18)28-26-22-6-2-4-8-24(22)29-25-9-5-3-7-23(25)26/h2-17,27H,1H3,(H,28,29). The number of methoxy groups -OCH3 is 1. The molecule has 0 radical (unpaired) electrons. The molecule has 0 aliphatic carbocycles. The second-order valence-electron chi connectivity index (χ2n) is 7.08. The molecule has 0 aliphatic rings. The molecule has 5 aromatic rings. The molecule has 30 heavy (non-hydrogen) atoms. The Morgan fingerprint density at radius 3 is 1.57 bits per heavy atom. The topological polar surface area (TPSA) is 46.2 Å². The van der Waals surface area contributed by atoms with Crippen LogP contribution in [0.1, 0.15) is 0 Å². The molecule has 0 fully saturated rings. The third-order valence-electron chi connectivity index (χ3n) is 5.12. The van der Waals surface area contributed by atoms with E-state index in [2.05, 4.69) is 59.2 Å². The van der Waals surface area contributed by atoms with E-state index in [0.717, 1.165) is 50.3 Å². The summed E-state index contributed by atoms with van der Waals surface area (Å²) in [5.74, 6) is 0.844. The SMILES string of the molecule is COc1ccc(Nc2ccc(Nc3c4ccccc4nc4ccccc34)cc2)cc1. The van der Waals surface area contributed by atoms with E-state index in [4.69, 9.17) is 9.72 Å². The van der Waals surface area contributed by atoms with Crippen molar-refractivity contribution in [3.05, 3.63) is 97.1 Å². The Hall–Kier alpha value is -4.05. The van der Waals surface area contributed by atoms with E-state index in [9.17, 15) is 0 Å². The molecular weight excluding hydrogens is 370 g/mol.